The highest BCUT2D eigenvalue weighted by atomic mass is 16.7. The molecular weight excluding hydrogens is 756 g/mol. The lowest BCUT2D eigenvalue weighted by Gasteiger charge is -2.24. The summed E-state index contributed by atoms with van der Waals surface area (Å²) in [5, 5.41) is 25.7. The second kappa shape index (κ2) is 25.2. The molecule has 0 spiro atoms. The molecule has 0 aliphatic carbocycles. The van der Waals surface area contributed by atoms with E-state index in [4.69, 9.17) is 19.0 Å². The van der Waals surface area contributed by atoms with Crippen LogP contribution in [0.1, 0.15) is 59.9 Å². The van der Waals surface area contributed by atoms with Gasteiger partial charge in [0.2, 0.25) is 35.4 Å². The van der Waals surface area contributed by atoms with Crippen molar-refractivity contribution in [2.75, 3.05) is 45.9 Å². The number of amides is 8. The van der Waals surface area contributed by atoms with Gasteiger partial charge in [0.1, 0.15) is 29.9 Å². The molecule has 57 heavy (non-hydrogen) atoms. The van der Waals surface area contributed by atoms with Gasteiger partial charge in [-0.3, -0.25) is 33.6 Å². The monoisotopic (exact) mass is 810 g/mol. The number of alkyl carbamates (subject to hydrolysis) is 1. The van der Waals surface area contributed by atoms with Crippen LogP contribution in [0.4, 0.5) is 9.59 Å². The van der Waals surface area contributed by atoms with Gasteiger partial charge in [0.05, 0.1) is 39.4 Å². The smallest absolute Gasteiger partial charge is 0.431 e. The Hall–Kier alpha value is -6.03. The van der Waals surface area contributed by atoms with Crippen LogP contribution < -0.4 is 42.7 Å². The second-order valence-corrected chi connectivity index (χ2v) is 14.0. The van der Waals surface area contributed by atoms with Crippen LogP contribution in [0.15, 0.2) is 30.3 Å². The number of aliphatic hydroxyl groups excluding tert-OH is 1. The van der Waals surface area contributed by atoms with Crippen LogP contribution in [-0.4, -0.2) is 128 Å². The van der Waals surface area contributed by atoms with Gasteiger partial charge in [-0.1, -0.05) is 30.3 Å². The van der Waals surface area contributed by atoms with E-state index in [-0.39, 0.29) is 32.6 Å². The van der Waals surface area contributed by atoms with Crippen molar-refractivity contribution in [2.45, 2.75) is 84.3 Å². The molecule has 0 fully saturated rings. The van der Waals surface area contributed by atoms with E-state index in [1.807, 2.05) is 5.48 Å². The largest absolute Gasteiger partial charge is 0.458 e. The highest BCUT2D eigenvalue weighted by Crippen LogP contribution is 2.12. The van der Waals surface area contributed by atoms with Crippen molar-refractivity contribution in [2.24, 2.45) is 0 Å². The molecule has 0 aliphatic rings. The predicted octanol–water partition coefficient (Wildman–Crippen LogP) is -2.08. The highest BCUT2D eigenvalue weighted by Gasteiger charge is 2.29. The number of hydrogen-bond acceptors (Lipinski definition) is 14. The van der Waals surface area contributed by atoms with Gasteiger partial charge in [0.25, 0.3) is 0 Å². The molecule has 2 unspecified atom stereocenters. The minimum absolute atomic E-state index is 0.00337. The first kappa shape index (κ1) is 49.0. The van der Waals surface area contributed by atoms with Crippen molar-refractivity contribution in [3.05, 3.63) is 35.9 Å². The maximum Gasteiger partial charge on any atom is 0.431 e. The average Bonchev–Trinajstić information content (AvgIpc) is 3.12. The summed E-state index contributed by atoms with van der Waals surface area (Å²) in [6.45, 7) is 6.70. The Balaban J connectivity index is 2.39. The fraction of sp³-hybridized carbons (Fsp3) is 0.571. The fourth-order valence-corrected chi connectivity index (χ4v) is 3.99. The molecule has 0 heterocycles. The van der Waals surface area contributed by atoms with E-state index in [0.717, 1.165) is 0 Å². The van der Waals surface area contributed by atoms with Gasteiger partial charge in [-0.05, 0) is 53.5 Å². The molecule has 318 valence electrons. The van der Waals surface area contributed by atoms with Crippen molar-refractivity contribution in [3.8, 4) is 0 Å². The first-order valence-corrected chi connectivity index (χ1v) is 17.7. The molecule has 2 atom stereocenters. The topological polar surface area (TPSA) is 307 Å². The third-order valence-electron chi connectivity index (χ3n) is 6.53. The molecule has 0 aromatic heterocycles. The molecule has 9 N–H and O–H groups in total. The van der Waals surface area contributed by atoms with E-state index >= 15 is 0 Å². The third kappa shape index (κ3) is 24.9. The first-order chi connectivity index (χ1) is 26.7. The van der Waals surface area contributed by atoms with E-state index in [2.05, 4.69) is 37.2 Å². The summed E-state index contributed by atoms with van der Waals surface area (Å²) in [6, 6.07) is 5.99. The van der Waals surface area contributed by atoms with Crippen LogP contribution in [0, 0.1) is 0 Å². The number of benzene rings is 1. The number of rotatable bonds is 22. The van der Waals surface area contributed by atoms with Gasteiger partial charge in [0, 0.05) is 13.0 Å². The lowest BCUT2D eigenvalue weighted by Crippen LogP contribution is -2.51. The van der Waals surface area contributed by atoms with Crippen LogP contribution in [0.2, 0.25) is 0 Å². The molecule has 0 radical (unpaired) electrons. The minimum atomic E-state index is -1.49. The normalized spacial score (nSPS) is 12.0. The summed E-state index contributed by atoms with van der Waals surface area (Å²) in [5.74, 6) is -5.43. The summed E-state index contributed by atoms with van der Waals surface area (Å²) in [5.41, 5.74) is 1.12. The van der Waals surface area contributed by atoms with Crippen molar-refractivity contribution >= 4 is 53.6 Å². The van der Waals surface area contributed by atoms with Crippen molar-refractivity contribution in [1.82, 2.24) is 42.7 Å². The molecule has 0 aliphatic heterocycles. The Morgan fingerprint density at radius 1 is 0.632 bits per heavy atom. The summed E-state index contributed by atoms with van der Waals surface area (Å²) >= 11 is 0. The Labute approximate surface area is 329 Å². The van der Waals surface area contributed by atoms with Gasteiger partial charge in [0.15, 0.2) is 0 Å². The molecule has 22 heteroatoms. The zero-order valence-electron chi connectivity index (χ0n) is 32.9. The first-order valence-electron chi connectivity index (χ1n) is 17.7. The quantitative estimate of drug-likeness (QED) is 0.0263. The highest BCUT2D eigenvalue weighted by molar-refractivity contribution is 5.93. The van der Waals surface area contributed by atoms with Crippen LogP contribution in [0.25, 0.3) is 0 Å². The van der Waals surface area contributed by atoms with E-state index < -0.39 is 110 Å². The minimum Gasteiger partial charge on any atom is -0.458 e. The van der Waals surface area contributed by atoms with Crippen LogP contribution in [0.3, 0.4) is 0 Å². The average molecular weight is 811 g/mol. The maximum atomic E-state index is 12.8. The van der Waals surface area contributed by atoms with Crippen molar-refractivity contribution in [1.29, 1.82) is 0 Å². The molecule has 1 aromatic rings. The maximum absolute atomic E-state index is 12.8. The molecule has 0 saturated carbocycles. The SMILES string of the molecule is CC(C)(C)OC(=O)NOCCNC(=O)CNC(=O)CNC(=O)CNC(=O)CNC(=O)C(CO)NC(=O)CCC(NC(=O)OCc1ccccc1)C(=O)OC(C)(C)C. The van der Waals surface area contributed by atoms with Crippen molar-refractivity contribution in [3.63, 3.8) is 0 Å². The number of nitrogens with one attached hydrogen (secondary N) is 8. The lowest BCUT2D eigenvalue weighted by molar-refractivity contribution is -0.157. The molecule has 0 bridgehead atoms. The summed E-state index contributed by atoms with van der Waals surface area (Å²) in [4.78, 5) is 115. The number of hydrogen-bond donors (Lipinski definition) is 9. The molecule has 1 aromatic carbocycles. The number of carbonyl (C=O) groups excluding carboxylic acids is 9. The second-order valence-electron chi connectivity index (χ2n) is 14.0. The number of carbonyl (C=O) groups is 9. The van der Waals surface area contributed by atoms with Crippen LogP contribution >= 0.6 is 0 Å². The molecular formula is C35H54N8O14. The standard InChI is InChI=1S/C35H54N8O14/c1-34(2,3)56-31(51)23(42-32(52)54-21-22-10-8-7-9-11-22)12-13-25(45)41-24(20-44)30(50)40-19-29(49)39-18-28(48)38-17-27(47)37-16-26(46)36-14-15-55-43-33(53)57-35(4,5)6/h7-11,23-24,44H,12-21H2,1-6H3,(H,36,46)(H,37,47)(H,38,48)(H,39,49)(H,40,50)(H,41,45)(H,42,52)(H,43,53). The Morgan fingerprint density at radius 2 is 1.16 bits per heavy atom. The number of ether oxygens (including phenoxy) is 3. The summed E-state index contributed by atoms with van der Waals surface area (Å²) < 4.78 is 15.5. The molecule has 1 rings (SSSR count). The molecule has 0 saturated heterocycles. The fourth-order valence-electron chi connectivity index (χ4n) is 3.99. The predicted molar refractivity (Wildman–Crippen MR) is 198 cm³/mol. The lowest BCUT2D eigenvalue weighted by atomic mass is 10.1. The molecule has 8 amide bonds. The summed E-state index contributed by atoms with van der Waals surface area (Å²) in [7, 11) is 0. The van der Waals surface area contributed by atoms with Crippen LogP contribution in [-0.2, 0) is 59.2 Å². The zero-order chi connectivity index (χ0) is 43.0. The Kier molecular flexibility index (Phi) is 21.7. The van der Waals surface area contributed by atoms with E-state index in [0.29, 0.717) is 5.56 Å². The van der Waals surface area contributed by atoms with Gasteiger partial charge >= 0.3 is 18.2 Å². The third-order valence-corrected chi connectivity index (χ3v) is 6.53. The number of hydroxylamine groups is 1. The Bertz CT molecular complexity index is 1530. The molecule has 22 nitrogen and oxygen atoms in total. The number of aliphatic hydroxyl groups is 1. The van der Waals surface area contributed by atoms with Gasteiger partial charge in [-0.25, -0.2) is 14.4 Å². The van der Waals surface area contributed by atoms with E-state index in [1.165, 1.54) is 0 Å². The van der Waals surface area contributed by atoms with Crippen molar-refractivity contribution < 1.29 is 67.3 Å². The number of esters is 1. The van der Waals surface area contributed by atoms with Crippen LogP contribution in [0.5, 0.6) is 0 Å². The Morgan fingerprint density at radius 3 is 1.68 bits per heavy atom. The van der Waals surface area contributed by atoms with E-state index in [9.17, 15) is 48.3 Å². The van der Waals surface area contributed by atoms with Gasteiger partial charge < -0.3 is 56.5 Å². The van der Waals surface area contributed by atoms with Gasteiger partial charge in [-0.15, -0.1) is 0 Å². The zero-order valence-corrected chi connectivity index (χ0v) is 32.9. The van der Waals surface area contributed by atoms with E-state index in [1.54, 1.807) is 71.9 Å². The summed E-state index contributed by atoms with van der Waals surface area (Å²) in [6.07, 6.45) is -2.38. The van der Waals surface area contributed by atoms with Gasteiger partial charge in [-0.2, -0.15) is 5.48 Å².